The summed E-state index contributed by atoms with van der Waals surface area (Å²) in [6.07, 6.45) is 0. The molecule has 8 nitrogen and oxygen atoms in total. The van der Waals surface area contributed by atoms with Crippen molar-refractivity contribution in [2.24, 2.45) is 0 Å². The number of nitrogens with zero attached hydrogens (tertiary/aromatic N) is 3. The molecule has 2 aromatic carbocycles. The fraction of sp³-hybridized carbons (Fsp3) is 0.190. The summed E-state index contributed by atoms with van der Waals surface area (Å²) in [5.41, 5.74) is 1.91. The second-order valence-corrected chi connectivity index (χ2v) is 6.01. The van der Waals surface area contributed by atoms with E-state index in [9.17, 15) is 5.26 Å². The Bertz CT molecular complexity index is 1040. The summed E-state index contributed by atoms with van der Waals surface area (Å²) in [4.78, 5) is 8.83. The molecule has 1 heterocycles. The fourth-order valence-electron chi connectivity index (χ4n) is 2.82. The van der Waals surface area contributed by atoms with Gasteiger partial charge in [0.25, 0.3) is 0 Å². The molecule has 0 fully saturated rings. The van der Waals surface area contributed by atoms with Gasteiger partial charge in [0, 0.05) is 23.9 Å². The van der Waals surface area contributed by atoms with Gasteiger partial charge in [-0.25, -0.2) is 9.97 Å². The average Bonchev–Trinajstić information content (AvgIpc) is 2.72. The molecule has 0 aliphatic heterocycles. The van der Waals surface area contributed by atoms with Crippen LogP contribution in [0.25, 0.3) is 0 Å². The Morgan fingerprint density at radius 3 is 2.07 bits per heavy atom. The summed E-state index contributed by atoms with van der Waals surface area (Å²) in [6, 6.07) is 14.7. The van der Waals surface area contributed by atoms with Crippen LogP contribution in [-0.2, 0) is 0 Å². The maximum absolute atomic E-state index is 9.27. The highest BCUT2D eigenvalue weighted by atomic mass is 16.5. The number of methoxy groups -OCH3 is 3. The SMILES string of the molecule is COc1cc(Nc2cc(Nc3ccccc3C#N)nc(C)n2)cc(OC)c1OC. The first-order valence-corrected chi connectivity index (χ1v) is 8.76. The number of nitriles is 1. The predicted molar refractivity (Wildman–Crippen MR) is 111 cm³/mol. The van der Waals surface area contributed by atoms with Crippen molar-refractivity contribution in [2.45, 2.75) is 6.92 Å². The van der Waals surface area contributed by atoms with Crippen LogP contribution in [0.5, 0.6) is 17.2 Å². The van der Waals surface area contributed by atoms with Crippen LogP contribution in [-0.4, -0.2) is 31.3 Å². The molecule has 29 heavy (non-hydrogen) atoms. The largest absolute Gasteiger partial charge is 0.493 e. The number of nitrogens with one attached hydrogen (secondary N) is 2. The van der Waals surface area contributed by atoms with Crippen LogP contribution in [0.3, 0.4) is 0 Å². The number of ether oxygens (including phenoxy) is 3. The minimum Gasteiger partial charge on any atom is -0.493 e. The van der Waals surface area contributed by atoms with Gasteiger partial charge in [-0.15, -0.1) is 0 Å². The standard InChI is InChI=1S/C21H21N5O3/c1-13-23-19(11-20(24-13)26-16-8-6-5-7-14(16)12-22)25-15-9-17(27-2)21(29-4)18(10-15)28-3/h5-11H,1-4H3,(H2,23,24,25,26). The second-order valence-electron chi connectivity index (χ2n) is 6.01. The van der Waals surface area contributed by atoms with Crippen molar-refractivity contribution >= 4 is 23.0 Å². The Kier molecular flexibility index (Phi) is 6.00. The number of hydrogen-bond donors (Lipinski definition) is 2. The van der Waals surface area contributed by atoms with Crippen molar-refractivity contribution in [3.05, 3.63) is 53.9 Å². The topological polar surface area (TPSA) is 101 Å². The summed E-state index contributed by atoms with van der Waals surface area (Å²) < 4.78 is 16.1. The van der Waals surface area contributed by atoms with Crippen LogP contribution in [0.15, 0.2) is 42.5 Å². The summed E-state index contributed by atoms with van der Waals surface area (Å²) in [5, 5.41) is 15.7. The first kappa shape index (κ1) is 19.8. The maximum atomic E-state index is 9.27. The van der Waals surface area contributed by atoms with E-state index in [2.05, 4.69) is 26.7 Å². The van der Waals surface area contributed by atoms with Gasteiger partial charge in [-0.05, 0) is 19.1 Å². The number of aromatic nitrogens is 2. The zero-order valence-corrected chi connectivity index (χ0v) is 16.6. The summed E-state index contributed by atoms with van der Waals surface area (Å²) >= 11 is 0. The van der Waals surface area contributed by atoms with Gasteiger partial charge in [-0.3, -0.25) is 0 Å². The minimum absolute atomic E-state index is 0.509. The van der Waals surface area contributed by atoms with E-state index in [1.54, 1.807) is 52.5 Å². The molecule has 2 N–H and O–H groups in total. The predicted octanol–water partition coefficient (Wildman–Crippen LogP) is 4.17. The van der Waals surface area contributed by atoms with E-state index in [1.807, 2.05) is 18.2 Å². The lowest BCUT2D eigenvalue weighted by molar-refractivity contribution is 0.324. The van der Waals surface area contributed by atoms with Crippen molar-refractivity contribution in [3.8, 4) is 23.3 Å². The van der Waals surface area contributed by atoms with Crippen LogP contribution < -0.4 is 24.8 Å². The van der Waals surface area contributed by atoms with Gasteiger partial charge < -0.3 is 24.8 Å². The van der Waals surface area contributed by atoms with Gasteiger partial charge >= 0.3 is 0 Å². The molecule has 0 radical (unpaired) electrons. The van der Waals surface area contributed by atoms with Crippen LogP contribution in [0.1, 0.15) is 11.4 Å². The van der Waals surface area contributed by atoms with E-state index in [4.69, 9.17) is 14.2 Å². The summed E-state index contributed by atoms with van der Waals surface area (Å²) in [5.74, 6) is 3.27. The number of rotatable bonds is 7. The van der Waals surface area contributed by atoms with Crippen molar-refractivity contribution < 1.29 is 14.2 Å². The highest BCUT2D eigenvalue weighted by Crippen LogP contribution is 2.40. The number of anilines is 4. The first-order valence-electron chi connectivity index (χ1n) is 8.76. The van der Waals surface area contributed by atoms with E-state index in [-0.39, 0.29) is 0 Å². The number of para-hydroxylation sites is 1. The molecular weight excluding hydrogens is 370 g/mol. The number of aryl methyl sites for hydroxylation is 1. The zero-order valence-electron chi connectivity index (χ0n) is 16.6. The van der Waals surface area contributed by atoms with Crippen LogP contribution >= 0.6 is 0 Å². The molecule has 0 aliphatic carbocycles. The van der Waals surface area contributed by atoms with Crippen LogP contribution in [0.2, 0.25) is 0 Å². The Labute approximate surface area is 169 Å². The van der Waals surface area contributed by atoms with Crippen molar-refractivity contribution in [3.63, 3.8) is 0 Å². The highest BCUT2D eigenvalue weighted by Gasteiger charge is 2.14. The first-order chi connectivity index (χ1) is 14.1. The fourth-order valence-corrected chi connectivity index (χ4v) is 2.82. The monoisotopic (exact) mass is 391 g/mol. The molecule has 0 spiro atoms. The third kappa shape index (κ3) is 4.47. The minimum atomic E-state index is 0.509. The third-order valence-electron chi connectivity index (χ3n) is 4.09. The molecule has 3 rings (SSSR count). The van der Waals surface area contributed by atoms with E-state index in [0.29, 0.717) is 51.6 Å². The van der Waals surface area contributed by atoms with E-state index in [0.717, 1.165) is 0 Å². The Balaban J connectivity index is 1.92. The van der Waals surface area contributed by atoms with Crippen molar-refractivity contribution in [1.82, 2.24) is 9.97 Å². The van der Waals surface area contributed by atoms with E-state index in [1.165, 1.54) is 0 Å². The average molecular weight is 391 g/mol. The van der Waals surface area contributed by atoms with E-state index < -0.39 is 0 Å². The third-order valence-corrected chi connectivity index (χ3v) is 4.09. The number of benzene rings is 2. The molecule has 148 valence electrons. The Hall–Kier alpha value is -3.99. The molecule has 0 atom stereocenters. The Morgan fingerprint density at radius 2 is 1.48 bits per heavy atom. The van der Waals surface area contributed by atoms with Gasteiger partial charge in [0.05, 0.1) is 32.6 Å². The van der Waals surface area contributed by atoms with Gasteiger partial charge in [0.15, 0.2) is 11.5 Å². The molecule has 3 aromatic rings. The molecular formula is C21H21N5O3. The lowest BCUT2D eigenvalue weighted by Crippen LogP contribution is -2.03. The quantitative estimate of drug-likeness (QED) is 0.619. The molecule has 0 bridgehead atoms. The lowest BCUT2D eigenvalue weighted by atomic mass is 10.2. The normalized spacial score (nSPS) is 10.0. The van der Waals surface area contributed by atoms with Gasteiger partial charge in [-0.2, -0.15) is 5.26 Å². The molecule has 1 aromatic heterocycles. The summed E-state index contributed by atoms with van der Waals surface area (Å²) in [6.45, 7) is 1.79. The smallest absolute Gasteiger partial charge is 0.203 e. The molecule has 0 saturated carbocycles. The number of hydrogen-bond acceptors (Lipinski definition) is 8. The zero-order chi connectivity index (χ0) is 20.8. The lowest BCUT2D eigenvalue weighted by Gasteiger charge is -2.15. The van der Waals surface area contributed by atoms with Crippen LogP contribution in [0, 0.1) is 18.3 Å². The van der Waals surface area contributed by atoms with Gasteiger partial charge in [-0.1, -0.05) is 12.1 Å². The second kappa shape index (κ2) is 8.80. The van der Waals surface area contributed by atoms with Crippen molar-refractivity contribution in [1.29, 1.82) is 5.26 Å². The highest BCUT2D eigenvalue weighted by molar-refractivity contribution is 5.70. The molecule has 8 heteroatoms. The molecule has 0 aliphatic rings. The maximum Gasteiger partial charge on any atom is 0.203 e. The van der Waals surface area contributed by atoms with Gasteiger partial charge in [0.2, 0.25) is 5.75 Å². The Morgan fingerprint density at radius 1 is 0.862 bits per heavy atom. The molecule has 0 amide bonds. The summed E-state index contributed by atoms with van der Waals surface area (Å²) in [7, 11) is 4.67. The molecule has 0 unspecified atom stereocenters. The molecule has 0 saturated heterocycles. The van der Waals surface area contributed by atoms with E-state index >= 15 is 0 Å². The van der Waals surface area contributed by atoms with Crippen LogP contribution in [0.4, 0.5) is 23.0 Å². The van der Waals surface area contributed by atoms with Gasteiger partial charge in [0.1, 0.15) is 23.5 Å². The van der Waals surface area contributed by atoms with Crippen molar-refractivity contribution in [2.75, 3.05) is 32.0 Å².